The number of aryl methyl sites for hydroxylation is 1. The third-order valence-corrected chi connectivity index (χ3v) is 7.64. The maximum atomic E-state index is 13.2. The lowest BCUT2D eigenvalue weighted by atomic mass is 9.97. The van der Waals surface area contributed by atoms with Gasteiger partial charge in [-0.05, 0) is 55.5 Å². The van der Waals surface area contributed by atoms with E-state index >= 15 is 0 Å². The predicted molar refractivity (Wildman–Crippen MR) is 150 cm³/mol. The minimum absolute atomic E-state index is 0.00852. The Labute approximate surface area is 242 Å². The van der Waals surface area contributed by atoms with Gasteiger partial charge in [0.15, 0.2) is 16.7 Å². The zero-order valence-corrected chi connectivity index (χ0v) is 23.8. The summed E-state index contributed by atoms with van der Waals surface area (Å²) in [6.45, 7) is 1.39. The van der Waals surface area contributed by atoms with E-state index in [1.807, 2.05) is 30.3 Å². The molecule has 1 atom stereocenters. The molecule has 0 bridgehead atoms. The predicted octanol–water partition coefficient (Wildman–Crippen LogP) is 4.74. The molecule has 3 aromatic rings. The molecular formula is C27H26BrClN6O5. The van der Waals surface area contributed by atoms with Gasteiger partial charge in [0.05, 0.1) is 25.7 Å². The molecule has 1 aromatic carbocycles. The fraction of sp³-hybridized carbons (Fsp3) is 0.296. The first-order valence-electron chi connectivity index (χ1n) is 12.6. The maximum absolute atomic E-state index is 13.2. The van der Waals surface area contributed by atoms with Crippen LogP contribution in [0.25, 0.3) is 33.6 Å². The SMILES string of the molecule is CCCCc1nc(Cl)c(C(=O)OCC(O)CO)n1Cc1c2ccocc-2c(Br)c1-c1ccccc1-c1nnn[nH]1. The van der Waals surface area contributed by atoms with E-state index in [-0.39, 0.29) is 24.0 Å². The molecule has 13 heteroatoms. The number of carbonyl (C=O) groups excluding carboxylic acids is 1. The third kappa shape index (κ3) is 5.39. The highest BCUT2D eigenvalue weighted by molar-refractivity contribution is 9.10. The number of rotatable bonds is 11. The summed E-state index contributed by atoms with van der Waals surface area (Å²) in [6.07, 6.45) is 4.40. The number of H-pyrrole nitrogens is 1. The number of aromatic amines is 1. The first kappa shape index (κ1) is 28.0. The monoisotopic (exact) mass is 628 g/mol. The van der Waals surface area contributed by atoms with Crippen LogP contribution < -0.4 is 0 Å². The standard InChI is InChI=1S/C27H26BrClN6O5/c1-2-3-8-21-30-25(29)24(27(38)40-13-15(37)12-36)35(21)11-19-16-9-10-39-14-20(16)23(28)22(19)17-6-4-5-7-18(17)26-31-33-34-32-26/h4-7,9-10,14-15,36-37H,2-3,8,11-13H2,1H3,(H,31,32,33,34). The van der Waals surface area contributed by atoms with Gasteiger partial charge in [0.2, 0.25) is 0 Å². The van der Waals surface area contributed by atoms with Crippen molar-refractivity contribution in [3.8, 4) is 33.6 Å². The molecule has 40 heavy (non-hydrogen) atoms. The lowest BCUT2D eigenvalue weighted by Gasteiger charge is -2.16. The molecule has 1 aliphatic carbocycles. The first-order valence-corrected chi connectivity index (χ1v) is 13.8. The molecule has 0 spiro atoms. The van der Waals surface area contributed by atoms with Crippen LogP contribution in [0.5, 0.6) is 0 Å². The molecule has 2 aliphatic rings. The van der Waals surface area contributed by atoms with E-state index in [1.165, 1.54) is 0 Å². The number of hydrogen-bond acceptors (Lipinski definition) is 9. The average molecular weight is 630 g/mol. The van der Waals surface area contributed by atoms with Gasteiger partial charge in [-0.15, -0.1) is 5.10 Å². The number of unbranched alkanes of at least 4 members (excludes halogenated alkanes) is 1. The summed E-state index contributed by atoms with van der Waals surface area (Å²) >= 11 is 10.3. The van der Waals surface area contributed by atoms with Crippen LogP contribution in [0.2, 0.25) is 5.15 Å². The van der Waals surface area contributed by atoms with Crippen LogP contribution in [0.15, 0.2) is 51.7 Å². The van der Waals surface area contributed by atoms with E-state index in [0.717, 1.165) is 50.7 Å². The smallest absolute Gasteiger partial charge is 0.358 e. The molecule has 0 amide bonds. The number of aliphatic hydroxyl groups is 2. The highest BCUT2D eigenvalue weighted by Crippen LogP contribution is 2.48. The van der Waals surface area contributed by atoms with Crippen molar-refractivity contribution in [2.24, 2.45) is 0 Å². The molecule has 1 unspecified atom stereocenters. The Kier molecular flexibility index (Phi) is 8.60. The molecule has 0 fully saturated rings. The summed E-state index contributed by atoms with van der Waals surface area (Å²) in [5.74, 6) is 0.392. The van der Waals surface area contributed by atoms with Crippen LogP contribution in [0.1, 0.15) is 41.6 Å². The van der Waals surface area contributed by atoms with Gasteiger partial charge >= 0.3 is 5.97 Å². The van der Waals surface area contributed by atoms with Gasteiger partial charge in [-0.3, -0.25) is 0 Å². The molecule has 3 N–H and O–H groups in total. The zero-order chi connectivity index (χ0) is 28.2. The highest BCUT2D eigenvalue weighted by Gasteiger charge is 2.30. The van der Waals surface area contributed by atoms with E-state index in [1.54, 1.807) is 17.1 Å². The van der Waals surface area contributed by atoms with Crippen molar-refractivity contribution in [1.29, 1.82) is 0 Å². The lowest BCUT2D eigenvalue weighted by molar-refractivity contribution is 0.00855. The number of halogens is 2. The number of carbonyl (C=O) groups is 1. The Hall–Kier alpha value is -3.58. The Morgan fingerprint density at radius 1 is 1.23 bits per heavy atom. The van der Waals surface area contributed by atoms with E-state index in [4.69, 9.17) is 25.9 Å². The van der Waals surface area contributed by atoms with Gasteiger partial charge < -0.3 is 23.9 Å². The average Bonchev–Trinajstić information content (AvgIpc) is 3.68. The van der Waals surface area contributed by atoms with Crippen molar-refractivity contribution in [1.82, 2.24) is 30.2 Å². The summed E-state index contributed by atoms with van der Waals surface area (Å²) in [5, 5.41) is 33.3. The molecule has 5 rings (SSSR count). The second-order valence-electron chi connectivity index (χ2n) is 9.14. The third-order valence-electron chi connectivity index (χ3n) is 6.55. The van der Waals surface area contributed by atoms with Gasteiger partial charge in [0, 0.05) is 27.6 Å². The number of aliphatic hydroxyl groups excluding tert-OH is 2. The quantitative estimate of drug-likeness (QED) is 0.176. The number of fused-ring (bicyclic) bond motifs is 1. The second kappa shape index (κ2) is 12.3. The minimum Gasteiger partial charge on any atom is -0.472 e. The van der Waals surface area contributed by atoms with Crippen molar-refractivity contribution >= 4 is 33.5 Å². The summed E-state index contributed by atoms with van der Waals surface area (Å²) in [4.78, 5) is 17.7. The van der Waals surface area contributed by atoms with Crippen LogP contribution in [0, 0.1) is 0 Å². The number of benzene rings is 1. The topological polar surface area (TPSA) is 152 Å². The van der Waals surface area contributed by atoms with Crippen LogP contribution >= 0.6 is 27.5 Å². The Bertz CT molecular complexity index is 1580. The summed E-state index contributed by atoms with van der Waals surface area (Å²) in [6, 6.07) is 9.60. The second-order valence-corrected chi connectivity index (χ2v) is 10.3. The number of hydrogen-bond donors (Lipinski definition) is 3. The first-order chi connectivity index (χ1) is 19.4. The molecule has 0 saturated heterocycles. The van der Waals surface area contributed by atoms with Crippen molar-refractivity contribution < 1.29 is 24.2 Å². The van der Waals surface area contributed by atoms with Crippen molar-refractivity contribution in [2.45, 2.75) is 38.8 Å². The van der Waals surface area contributed by atoms with Gasteiger partial charge in [0.25, 0.3) is 0 Å². The fourth-order valence-electron chi connectivity index (χ4n) is 4.64. The summed E-state index contributed by atoms with van der Waals surface area (Å²) in [7, 11) is 0. The van der Waals surface area contributed by atoms with E-state index in [2.05, 4.69) is 48.5 Å². The summed E-state index contributed by atoms with van der Waals surface area (Å²) in [5.41, 5.74) is 5.21. The Balaban J connectivity index is 1.68. The van der Waals surface area contributed by atoms with Crippen LogP contribution in [-0.2, 0) is 17.7 Å². The lowest BCUT2D eigenvalue weighted by Crippen LogP contribution is -2.23. The molecule has 208 valence electrons. The maximum Gasteiger partial charge on any atom is 0.358 e. The number of ether oxygens (including phenoxy) is 1. The van der Waals surface area contributed by atoms with Crippen molar-refractivity contribution in [3.63, 3.8) is 0 Å². The van der Waals surface area contributed by atoms with Gasteiger partial charge in [0.1, 0.15) is 18.5 Å². The largest absolute Gasteiger partial charge is 0.472 e. The number of imidazole rings is 1. The van der Waals surface area contributed by atoms with Crippen LogP contribution in [0.3, 0.4) is 0 Å². The fourth-order valence-corrected chi connectivity index (χ4v) is 5.67. The number of aromatic nitrogens is 6. The number of nitrogens with one attached hydrogen (secondary N) is 1. The molecule has 1 aliphatic heterocycles. The molecule has 0 saturated carbocycles. The van der Waals surface area contributed by atoms with E-state index in [9.17, 15) is 9.90 Å². The number of nitrogens with zero attached hydrogens (tertiary/aromatic N) is 5. The van der Waals surface area contributed by atoms with Crippen LogP contribution in [-0.4, -0.2) is 65.7 Å². The summed E-state index contributed by atoms with van der Waals surface area (Å²) < 4.78 is 13.4. The van der Waals surface area contributed by atoms with Gasteiger partial charge in [-0.2, -0.15) is 0 Å². The number of esters is 1. The van der Waals surface area contributed by atoms with E-state index < -0.39 is 18.7 Å². The molecule has 3 heterocycles. The molecule has 0 radical (unpaired) electrons. The molecule has 2 aromatic heterocycles. The van der Waals surface area contributed by atoms with Gasteiger partial charge in [-0.1, -0.05) is 49.2 Å². The zero-order valence-electron chi connectivity index (χ0n) is 21.5. The normalized spacial score (nSPS) is 12.2. The number of tetrazole rings is 1. The minimum atomic E-state index is -1.20. The molecular weight excluding hydrogens is 604 g/mol. The Morgan fingerprint density at radius 3 is 2.75 bits per heavy atom. The van der Waals surface area contributed by atoms with Crippen molar-refractivity contribution in [2.75, 3.05) is 13.2 Å². The highest BCUT2D eigenvalue weighted by atomic mass is 79.9. The van der Waals surface area contributed by atoms with Crippen molar-refractivity contribution in [3.05, 3.63) is 69.6 Å². The van der Waals surface area contributed by atoms with E-state index in [0.29, 0.717) is 18.1 Å². The molecule has 11 nitrogen and oxygen atoms in total. The van der Waals surface area contributed by atoms with Crippen LogP contribution in [0.4, 0.5) is 0 Å². The Morgan fingerprint density at radius 2 is 2.02 bits per heavy atom. The van der Waals surface area contributed by atoms with Gasteiger partial charge in [-0.25, -0.2) is 14.9 Å².